The zero-order chi connectivity index (χ0) is 22.9. The number of carboxylic acid groups (broad SMARTS) is 1. The number of hydrogen-bond donors (Lipinski definition) is 1. The number of rotatable bonds is 3. The summed E-state index contributed by atoms with van der Waals surface area (Å²) in [6.45, 7) is 2.92. The minimum absolute atomic E-state index is 0.00838. The standard InChI is InChI=1S/C23H19FN4O5/c1-11-10-32-22-19-13(21(29)15(23(30)31)8-28(11)19)5-16(24)20(22)27-7-14-17(9-27)33-26-18(14)12-3-2-4-25-6-12/h2-6,8,11,14,17H,7,9-10H2,1H3,(H,30,31)/t11-,14?,17?/m0/s1. The van der Waals surface area contributed by atoms with Crippen molar-refractivity contribution in [3.8, 4) is 5.75 Å². The van der Waals surface area contributed by atoms with E-state index in [0.717, 1.165) is 17.3 Å². The van der Waals surface area contributed by atoms with Gasteiger partial charge in [0, 0.05) is 30.7 Å². The summed E-state index contributed by atoms with van der Waals surface area (Å²) in [6, 6.07) is 4.63. The molecule has 6 rings (SSSR count). The van der Waals surface area contributed by atoms with Gasteiger partial charge in [0.25, 0.3) is 0 Å². The largest absolute Gasteiger partial charge is 0.487 e. The third kappa shape index (κ3) is 2.83. The first-order chi connectivity index (χ1) is 15.9. The van der Waals surface area contributed by atoms with Crippen LogP contribution in [0.3, 0.4) is 0 Å². The SMILES string of the molecule is C[C@H]1COc2c(N3CC4ON=C(c5cccnc5)C4C3)c(F)cc3c(=O)c(C(=O)O)cn1c23. The smallest absolute Gasteiger partial charge is 0.341 e. The van der Waals surface area contributed by atoms with Crippen LogP contribution in [0.15, 0.2) is 46.7 Å². The molecule has 1 N–H and O–H groups in total. The fraction of sp³-hybridized carbons (Fsp3) is 0.304. The molecule has 10 heteroatoms. The van der Waals surface area contributed by atoms with E-state index in [1.54, 1.807) is 17.0 Å². The van der Waals surface area contributed by atoms with Gasteiger partial charge in [-0.2, -0.15) is 0 Å². The average molecular weight is 450 g/mol. The van der Waals surface area contributed by atoms with Crippen molar-refractivity contribution in [2.75, 3.05) is 24.6 Å². The van der Waals surface area contributed by atoms with Crippen LogP contribution in [-0.2, 0) is 4.84 Å². The predicted molar refractivity (Wildman–Crippen MR) is 117 cm³/mol. The van der Waals surface area contributed by atoms with Crippen LogP contribution in [0.5, 0.6) is 5.75 Å². The van der Waals surface area contributed by atoms with Crippen LogP contribution >= 0.6 is 0 Å². The molecule has 5 heterocycles. The third-order valence-electron chi connectivity index (χ3n) is 6.55. The van der Waals surface area contributed by atoms with Crippen LogP contribution in [0, 0.1) is 11.7 Å². The number of ether oxygens (including phenoxy) is 1. The Morgan fingerprint density at radius 2 is 2.18 bits per heavy atom. The van der Waals surface area contributed by atoms with E-state index in [2.05, 4.69) is 10.1 Å². The monoisotopic (exact) mass is 450 g/mol. The van der Waals surface area contributed by atoms with E-state index in [0.29, 0.717) is 18.6 Å². The predicted octanol–water partition coefficient (Wildman–Crippen LogP) is 2.43. The Labute approximate surface area is 186 Å². The number of aromatic carboxylic acids is 1. The van der Waals surface area contributed by atoms with Gasteiger partial charge in [0.1, 0.15) is 17.9 Å². The molecule has 3 atom stereocenters. The Kier molecular flexibility index (Phi) is 4.20. The Balaban J connectivity index is 1.47. The van der Waals surface area contributed by atoms with Gasteiger partial charge in [0.15, 0.2) is 17.7 Å². The highest BCUT2D eigenvalue weighted by molar-refractivity contribution is 6.04. The molecule has 2 aromatic heterocycles. The molecule has 9 nitrogen and oxygen atoms in total. The maximum absolute atomic E-state index is 15.5. The van der Waals surface area contributed by atoms with E-state index in [-0.39, 0.29) is 41.5 Å². The lowest BCUT2D eigenvalue weighted by Gasteiger charge is -2.31. The van der Waals surface area contributed by atoms with Crippen LogP contribution in [0.1, 0.15) is 28.9 Å². The van der Waals surface area contributed by atoms with Gasteiger partial charge < -0.3 is 24.1 Å². The van der Waals surface area contributed by atoms with E-state index in [1.165, 1.54) is 6.20 Å². The highest BCUT2D eigenvalue weighted by Gasteiger charge is 2.45. The summed E-state index contributed by atoms with van der Waals surface area (Å²) in [5.74, 6) is -1.81. The van der Waals surface area contributed by atoms with Gasteiger partial charge in [-0.15, -0.1) is 0 Å². The second-order valence-electron chi connectivity index (χ2n) is 8.55. The first-order valence-electron chi connectivity index (χ1n) is 10.6. The lowest BCUT2D eigenvalue weighted by molar-refractivity contribution is 0.0694. The number of hydrogen-bond acceptors (Lipinski definition) is 7. The molecular weight excluding hydrogens is 431 g/mol. The normalized spacial score (nSPS) is 23.2. The first kappa shape index (κ1) is 19.7. The van der Waals surface area contributed by atoms with Crippen molar-refractivity contribution in [1.82, 2.24) is 9.55 Å². The van der Waals surface area contributed by atoms with Gasteiger partial charge in [-0.3, -0.25) is 9.78 Å². The molecular formula is C23H19FN4O5. The van der Waals surface area contributed by atoms with E-state index in [4.69, 9.17) is 9.57 Å². The molecule has 3 aliphatic rings. The van der Waals surface area contributed by atoms with Crippen molar-refractivity contribution in [3.05, 3.63) is 64.0 Å². The highest BCUT2D eigenvalue weighted by Crippen LogP contribution is 2.44. The first-order valence-corrected chi connectivity index (χ1v) is 10.6. The van der Waals surface area contributed by atoms with Gasteiger partial charge in [-0.05, 0) is 25.1 Å². The Morgan fingerprint density at radius 1 is 1.33 bits per heavy atom. The molecule has 0 bridgehead atoms. The number of pyridine rings is 2. The lowest BCUT2D eigenvalue weighted by Crippen LogP contribution is -2.30. The molecule has 1 fully saturated rings. The maximum Gasteiger partial charge on any atom is 0.341 e. The fourth-order valence-electron chi connectivity index (χ4n) is 4.96. The molecule has 33 heavy (non-hydrogen) atoms. The molecule has 0 aliphatic carbocycles. The average Bonchev–Trinajstić information content (AvgIpc) is 3.38. The molecule has 0 spiro atoms. The van der Waals surface area contributed by atoms with Crippen molar-refractivity contribution in [2.45, 2.75) is 19.1 Å². The summed E-state index contributed by atoms with van der Waals surface area (Å²) >= 11 is 0. The highest BCUT2D eigenvalue weighted by atomic mass is 19.1. The quantitative estimate of drug-likeness (QED) is 0.653. The summed E-state index contributed by atoms with van der Waals surface area (Å²) in [7, 11) is 0. The molecule has 0 radical (unpaired) electrons. The second kappa shape index (κ2) is 7.03. The van der Waals surface area contributed by atoms with E-state index in [1.807, 2.05) is 24.0 Å². The van der Waals surface area contributed by atoms with Crippen LogP contribution < -0.4 is 15.1 Å². The third-order valence-corrected chi connectivity index (χ3v) is 6.55. The molecule has 1 aromatic carbocycles. The second-order valence-corrected chi connectivity index (χ2v) is 8.55. The molecule has 0 saturated carbocycles. The van der Waals surface area contributed by atoms with Gasteiger partial charge in [-0.1, -0.05) is 5.16 Å². The minimum atomic E-state index is -1.35. The summed E-state index contributed by atoms with van der Waals surface area (Å²) in [5, 5.41) is 13.7. The number of benzene rings is 1. The minimum Gasteiger partial charge on any atom is -0.487 e. The summed E-state index contributed by atoms with van der Waals surface area (Å²) in [4.78, 5) is 36.0. The summed E-state index contributed by atoms with van der Waals surface area (Å²) in [6.07, 6.45) is 4.47. The van der Waals surface area contributed by atoms with Crippen molar-refractivity contribution < 1.29 is 23.9 Å². The van der Waals surface area contributed by atoms with Crippen molar-refractivity contribution in [2.24, 2.45) is 11.1 Å². The molecule has 0 amide bonds. The number of anilines is 1. The van der Waals surface area contributed by atoms with Gasteiger partial charge >= 0.3 is 5.97 Å². The van der Waals surface area contributed by atoms with Crippen molar-refractivity contribution in [3.63, 3.8) is 0 Å². The fourth-order valence-corrected chi connectivity index (χ4v) is 4.96. The van der Waals surface area contributed by atoms with Gasteiger partial charge in [0.2, 0.25) is 5.43 Å². The van der Waals surface area contributed by atoms with Crippen molar-refractivity contribution >= 4 is 28.3 Å². The molecule has 3 aliphatic heterocycles. The topological polar surface area (TPSA) is 106 Å². The Hall–Kier alpha value is -3.95. The number of carbonyl (C=O) groups is 1. The number of fused-ring (bicyclic) bond motifs is 1. The zero-order valence-corrected chi connectivity index (χ0v) is 17.6. The number of aromatic nitrogens is 2. The molecule has 168 valence electrons. The van der Waals surface area contributed by atoms with Crippen molar-refractivity contribution in [1.29, 1.82) is 0 Å². The van der Waals surface area contributed by atoms with Crippen LogP contribution in [-0.4, -0.2) is 52.1 Å². The summed E-state index contributed by atoms with van der Waals surface area (Å²) in [5.41, 5.74) is 1.14. The van der Waals surface area contributed by atoms with E-state index >= 15 is 4.39 Å². The molecule has 3 aromatic rings. The van der Waals surface area contributed by atoms with Crippen LogP contribution in [0.4, 0.5) is 10.1 Å². The molecule has 2 unspecified atom stereocenters. The maximum atomic E-state index is 15.5. The number of carboxylic acids is 1. The van der Waals surface area contributed by atoms with Gasteiger partial charge in [0.05, 0.1) is 35.1 Å². The summed E-state index contributed by atoms with van der Waals surface area (Å²) < 4.78 is 23.1. The Morgan fingerprint density at radius 3 is 2.94 bits per heavy atom. The zero-order valence-electron chi connectivity index (χ0n) is 17.6. The van der Waals surface area contributed by atoms with Gasteiger partial charge in [-0.25, -0.2) is 9.18 Å². The van der Waals surface area contributed by atoms with Crippen LogP contribution in [0.2, 0.25) is 0 Å². The molecule has 1 saturated heterocycles. The Bertz CT molecular complexity index is 1400. The number of oxime groups is 1. The number of halogens is 1. The number of nitrogens with zero attached hydrogens (tertiary/aromatic N) is 4. The van der Waals surface area contributed by atoms with E-state index < -0.39 is 22.8 Å². The van der Waals surface area contributed by atoms with Crippen LogP contribution in [0.25, 0.3) is 10.9 Å². The lowest BCUT2D eigenvalue weighted by atomic mass is 9.96. The van der Waals surface area contributed by atoms with E-state index in [9.17, 15) is 14.7 Å².